The van der Waals surface area contributed by atoms with Crippen molar-refractivity contribution in [2.75, 3.05) is 5.32 Å². The molecule has 0 spiro atoms. The monoisotopic (exact) mass is 373 g/mol. The van der Waals surface area contributed by atoms with Gasteiger partial charge in [-0.15, -0.1) is 0 Å². The van der Waals surface area contributed by atoms with Crippen molar-refractivity contribution >= 4 is 17.7 Å². The molecule has 1 aliphatic carbocycles. The van der Waals surface area contributed by atoms with Gasteiger partial charge < -0.3 is 15.1 Å². The number of anilines is 2. The Hall–Kier alpha value is -2.88. The highest BCUT2D eigenvalue weighted by molar-refractivity contribution is 5.86. The summed E-state index contributed by atoms with van der Waals surface area (Å²) in [6.45, 7) is 6.62. The number of nitrogens with one attached hydrogen (secondary N) is 2. The van der Waals surface area contributed by atoms with Crippen LogP contribution in [0.1, 0.15) is 49.9 Å². The van der Waals surface area contributed by atoms with Crippen molar-refractivity contribution in [2.24, 2.45) is 5.41 Å². The van der Waals surface area contributed by atoms with E-state index in [1.165, 1.54) is 5.56 Å². The highest BCUT2D eigenvalue weighted by Gasteiger charge is 2.36. The first-order valence-corrected chi connectivity index (χ1v) is 9.97. The molecule has 0 amide bonds. The molecule has 2 N–H and O–H groups in total. The zero-order chi connectivity index (χ0) is 19.7. The summed E-state index contributed by atoms with van der Waals surface area (Å²) in [5.41, 5.74) is 7.82. The lowest BCUT2D eigenvalue weighted by Crippen LogP contribution is -2.26. The van der Waals surface area contributed by atoms with E-state index in [9.17, 15) is 4.79 Å². The van der Waals surface area contributed by atoms with E-state index < -0.39 is 0 Å². The second-order valence-corrected chi connectivity index (χ2v) is 8.47. The summed E-state index contributed by atoms with van der Waals surface area (Å²) in [5.74, 6) is -0.109. The number of hydrogen-bond acceptors (Lipinski definition) is 3. The van der Waals surface area contributed by atoms with Crippen LogP contribution in [-0.4, -0.2) is 16.3 Å². The average Bonchev–Trinajstić information content (AvgIpc) is 3.05. The van der Waals surface area contributed by atoms with Gasteiger partial charge in [0.1, 0.15) is 6.29 Å². The predicted molar refractivity (Wildman–Crippen MR) is 114 cm³/mol. The lowest BCUT2D eigenvalue weighted by Gasteiger charge is -2.33. The lowest BCUT2D eigenvalue weighted by atomic mass is 9.71. The predicted octanol–water partition coefficient (Wildman–Crippen LogP) is 5.64. The Kier molecular flexibility index (Phi) is 4.80. The molecule has 1 aromatic carbocycles. The first kappa shape index (κ1) is 18.5. The summed E-state index contributed by atoms with van der Waals surface area (Å²) in [7, 11) is 0. The van der Waals surface area contributed by atoms with Gasteiger partial charge in [0.2, 0.25) is 0 Å². The molecule has 0 saturated heterocycles. The number of fused-ring (bicyclic) bond motifs is 1. The molecule has 4 rings (SSSR count). The van der Waals surface area contributed by atoms with Crippen molar-refractivity contribution in [1.29, 1.82) is 0 Å². The second-order valence-electron chi connectivity index (χ2n) is 8.47. The molecule has 4 nitrogen and oxygen atoms in total. The number of aryl methyl sites for hydroxylation is 1. The Balaban J connectivity index is 1.87. The minimum Gasteiger partial charge on any atom is -0.356 e. The normalized spacial score (nSPS) is 17.8. The minimum atomic E-state index is -0.109. The molecule has 0 fully saturated rings. The maximum Gasteiger partial charge on any atom is 0.127 e. The van der Waals surface area contributed by atoms with Gasteiger partial charge in [0.05, 0.1) is 11.4 Å². The van der Waals surface area contributed by atoms with E-state index in [-0.39, 0.29) is 11.3 Å². The quantitative estimate of drug-likeness (QED) is 0.569. The lowest BCUT2D eigenvalue weighted by molar-refractivity contribution is -0.109. The van der Waals surface area contributed by atoms with Crippen molar-refractivity contribution in [3.05, 3.63) is 65.6 Å². The number of aromatic amines is 1. The number of carbonyl (C=O) groups excluding carboxylic acids is 1. The van der Waals surface area contributed by atoms with Crippen molar-refractivity contribution in [3.8, 4) is 11.3 Å². The van der Waals surface area contributed by atoms with E-state index in [1.807, 2.05) is 12.1 Å². The molecular formula is C24H27N3O. The maximum absolute atomic E-state index is 12.0. The highest BCUT2D eigenvalue weighted by Crippen LogP contribution is 2.48. The van der Waals surface area contributed by atoms with Crippen LogP contribution in [0.25, 0.3) is 11.3 Å². The molecule has 2 aromatic heterocycles. The fourth-order valence-corrected chi connectivity index (χ4v) is 4.36. The molecule has 0 bridgehead atoms. The molecule has 1 aliphatic rings. The van der Waals surface area contributed by atoms with Crippen LogP contribution in [-0.2, 0) is 17.6 Å². The topological polar surface area (TPSA) is 57.8 Å². The van der Waals surface area contributed by atoms with Crippen LogP contribution >= 0.6 is 0 Å². The fraction of sp³-hybridized carbons (Fsp3) is 0.333. The summed E-state index contributed by atoms with van der Waals surface area (Å²) in [5, 5.41) is 3.63. The number of nitrogens with zero attached hydrogens (tertiary/aromatic N) is 1. The van der Waals surface area contributed by atoms with Crippen LogP contribution in [0.15, 0.2) is 48.8 Å². The maximum atomic E-state index is 12.0. The van der Waals surface area contributed by atoms with Gasteiger partial charge in [-0.05, 0) is 54.5 Å². The third-order valence-corrected chi connectivity index (χ3v) is 5.66. The molecule has 0 radical (unpaired) electrons. The molecule has 3 aromatic rings. The number of aromatic nitrogens is 2. The molecule has 144 valence electrons. The van der Waals surface area contributed by atoms with Crippen molar-refractivity contribution in [2.45, 2.75) is 46.0 Å². The van der Waals surface area contributed by atoms with Gasteiger partial charge in [-0.1, -0.05) is 32.9 Å². The number of benzene rings is 1. The minimum absolute atomic E-state index is 0.0956. The van der Waals surface area contributed by atoms with E-state index in [0.717, 1.165) is 59.4 Å². The standard InChI is InChI=1S/C24H27N3O/c1-4-16-6-5-7-19(12-16)26-23-21-18(15-28)13-24(2,3)14-20(21)27-22(23)17-8-10-25-11-9-17/h5-12,15,18,26-27H,4,13-14H2,1-3H3. The molecular weight excluding hydrogens is 346 g/mol. The molecule has 28 heavy (non-hydrogen) atoms. The first-order chi connectivity index (χ1) is 13.5. The number of pyridine rings is 1. The summed E-state index contributed by atoms with van der Waals surface area (Å²) in [4.78, 5) is 19.8. The largest absolute Gasteiger partial charge is 0.356 e. The van der Waals surface area contributed by atoms with E-state index >= 15 is 0 Å². The van der Waals surface area contributed by atoms with Gasteiger partial charge in [-0.2, -0.15) is 0 Å². The number of H-pyrrole nitrogens is 1. The van der Waals surface area contributed by atoms with Crippen LogP contribution in [0.4, 0.5) is 11.4 Å². The first-order valence-electron chi connectivity index (χ1n) is 9.97. The number of hydrogen-bond donors (Lipinski definition) is 2. The molecule has 1 atom stereocenters. The van der Waals surface area contributed by atoms with Crippen molar-refractivity contribution in [3.63, 3.8) is 0 Å². The molecule has 2 heterocycles. The molecule has 0 saturated carbocycles. The third-order valence-electron chi connectivity index (χ3n) is 5.66. The fourth-order valence-electron chi connectivity index (χ4n) is 4.36. The zero-order valence-electron chi connectivity index (χ0n) is 16.8. The van der Waals surface area contributed by atoms with E-state index in [4.69, 9.17) is 0 Å². The van der Waals surface area contributed by atoms with E-state index in [2.05, 4.69) is 60.3 Å². The van der Waals surface area contributed by atoms with E-state index in [1.54, 1.807) is 12.4 Å². The smallest absolute Gasteiger partial charge is 0.127 e. The Morgan fingerprint density at radius 2 is 2.04 bits per heavy atom. The third kappa shape index (κ3) is 3.47. The van der Waals surface area contributed by atoms with Crippen LogP contribution in [0.2, 0.25) is 0 Å². The van der Waals surface area contributed by atoms with E-state index in [0.29, 0.717) is 0 Å². The molecule has 1 unspecified atom stereocenters. The number of aldehydes is 1. The zero-order valence-corrected chi connectivity index (χ0v) is 16.8. The SMILES string of the molecule is CCc1cccc(Nc2c(-c3ccncc3)[nH]c3c2C(C=O)CC(C)(C)C3)c1. The van der Waals surface area contributed by atoms with Gasteiger partial charge in [-0.25, -0.2) is 0 Å². The van der Waals surface area contributed by atoms with Gasteiger partial charge in [0.15, 0.2) is 0 Å². The second kappa shape index (κ2) is 7.27. The summed E-state index contributed by atoms with van der Waals surface area (Å²) in [6.07, 6.45) is 7.50. The van der Waals surface area contributed by atoms with Gasteiger partial charge >= 0.3 is 0 Å². The van der Waals surface area contributed by atoms with Crippen LogP contribution in [0.3, 0.4) is 0 Å². The Bertz CT molecular complexity index is 988. The Morgan fingerprint density at radius 1 is 1.25 bits per heavy atom. The van der Waals surface area contributed by atoms with Crippen molar-refractivity contribution in [1.82, 2.24) is 9.97 Å². The van der Waals surface area contributed by atoms with Gasteiger partial charge in [0, 0.05) is 40.8 Å². The van der Waals surface area contributed by atoms with Gasteiger partial charge in [0.25, 0.3) is 0 Å². The average molecular weight is 374 g/mol. The summed E-state index contributed by atoms with van der Waals surface area (Å²) >= 11 is 0. The molecule has 4 heteroatoms. The number of rotatable bonds is 5. The van der Waals surface area contributed by atoms with Crippen LogP contribution < -0.4 is 5.32 Å². The van der Waals surface area contributed by atoms with Crippen LogP contribution in [0.5, 0.6) is 0 Å². The van der Waals surface area contributed by atoms with Gasteiger partial charge in [-0.3, -0.25) is 4.98 Å². The summed E-state index contributed by atoms with van der Waals surface area (Å²) in [6, 6.07) is 12.5. The highest BCUT2D eigenvalue weighted by atomic mass is 16.1. The Morgan fingerprint density at radius 3 is 2.75 bits per heavy atom. The number of carbonyl (C=O) groups is 1. The van der Waals surface area contributed by atoms with Crippen molar-refractivity contribution < 1.29 is 4.79 Å². The van der Waals surface area contributed by atoms with Crippen LogP contribution in [0, 0.1) is 5.41 Å². The Labute approximate surface area is 166 Å². The summed E-state index contributed by atoms with van der Waals surface area (Å²) < 4.78 is 0. The molecule has 0 aliphatic heterocycles.